The van der Waals surface area contributed by atoms with Crippen LogP contribution in [0.4, 0.5) is 0 Å². The van der Waals surface area contributed by atoms with Gasteiger partial charge in [0.05, 0.1) is 17.3 Å². The maximum atomic E-state index is 12.2. The number of nitrogens with zero attached hydrogens (tertiary/aromatic N) is 4. The van der Waals surface area contributed by atoms with Crippen LogP contribution < -0.4 is 5.32 Å². The molecule has 0 saturated heterocycles. The highest BCUT2D eigenvalue weighted by molar-refractivity contribution is 7.98. The van der Waals surface area contributed by atoms with Gasteiger partial charge in [0, 0.05) is 30.2 Å². The number of rotatable bonds is 11. The van der Waals surface area contributed by atoms with E-state index >= 15 is 0 Å². The van der Waals surface area contributed by atoms with Crippen LogP contribution in [-0.4, -0.2) is 20.7 Å². The maximum Gasteiger partial charge on any atom is 0.220 e. The monoisotopic (exact) mass is 515 g/mol. The van der Waals surface area contributed by atoms with Gasteiger partial charge in [-0.3, -0.25) is 9.36 Å². The molecule has 4 rings (SSSR count). The van der Waals surface area contributed by atoms with Gasteiger partial charge in [0.2, 0.25) is 5.91 Å². The lowest BCUT2D eigenvalue weighted by Gasteiger charge is -2.11. The van der Waals surface area contributed by atoms with Gasteiger partial charge in [0.15, 0.2) is 5.16 Å². The zero-order valence-corrected chi connectivity index (χ0v) is 21.3. The zero-order chi connectivity index (χ0) is 25.2. The molecule has 0 bridgehead atoms. The highest BCUT2D eigenvalue weighted by Crippen LogP contribution is 2.27. The first-order valence-electron chi connectivity index (χ1n) is 11.7. The molecule has 0 atom stereocenters. The Balaban J connectivity index is 1.38. The second-order valence-electron chi connectivity index (χ2n) is 8.28. The van der Waals surface area contributed by atoms with Crippen LogP contribution in [0, 0.1) is 11.3 Å². The first-order chi connectivity index (χ1) is 17.6. The first-order valence-corrected chi connectivity index (χ1v) is 13.1. The molecule has 4 aromatic rings. The Kier molecular flexibility index (Phi) is 9.15. The molecule has 1 N–H and O–H groups in total. The second-order valence-corrected chi connectivity index (χ2v) is 9.66. The Hall–Kier alpha value is -3.60. The van der Waals surface area contributed by atoms with Crippen molar-refractivity contribution in [1.29, 1.82) is 5.26 Å². The lowest BCUT2D eigenvalue weighted by atomic mass is 10.1. The fourth-order valence-electron chi connectivity index (χ4n) is 3.76. The van der Waals surface area contributed by atoms with Crippen LogP contribution in [0.2, 0.25) is 5.02 Å². The van der Waals surface area contributed by atoms with Crippen molar-refractivity contribution >= 4 is 29.3 Å². The van der Waals surface area contributed by atoms with Crippen LogP contribution >= 0.6 is 23.4 Å². The average Bonchev–Trinajstić information content (AvgIpc) is 3.32. The molecule has 36 heavy (non-hydrogen) atoms. The number of halogens is 1. The quantitative estimate of drug-likeness (QED) is 0.192. The van der Waals surface area contributed by atoms with Gasteiger partial charge >= 0.3 is 0 Å². The summed E-state index contributed by atoms with van der Waals surface area (Å²) in [6, 6.07) is 27.3. The van der Waals surface area contributed by atoms with Gasteiger partial charge in [-0.2, -0.15) is 5.26 Å². The van der Waals surface area contributed by atoms with E-state index in [0.717, 1.165) is 40.6 Å². The fourth-order valence-corrected chi connectivity index (χ4v) is 4.86. The van der Waals surface area contributed by atoms with Crippen LogP contribution in [0.1, 0.15) is 41.8 Å². The summed E-state index contributed by atoms with van der Waals surface area (Å²) in [5, 5.41) is 22.4. The Morgan fingerprint density at radius 2 is 1.78 bits per heavy atom. The van der Waals surface area contributed by atoms with Crippen LogP contribution in [0.15, 0.2) is 84.0 Å². The van der Waals surface area contributed by atoms with Gasteiger partial charge in [-0.05, 0) is 54.3 Å². The van der Waals surface area contributed by atoms with Crippen molar-refractivity contribution in [3.63, 3.8) is 0 Å². The summed E-state index contributed by atoms with van der Waals surface area (Å²) in [5.41, 5.74) is 3.67. The zero-order valence-electron chi connectivity index (χ0n) is 19.7. The standard InChI is InChI=1S/C28H26ClN5OS/c29-24-12-7-13-25(17-24)34-26(14-4-5-15-27(35)31-19-21-8-2-1-3-9-21)32-33-28(34)36-20-23-11-6-10-22(16-23)18-30/h1-3,6-13,16-17H,4-5,14-15,19-20H2,(H,31,35). The Labute approximate surface area is 220 Å². The van der Waals surface area contributed by atoms with Crippen LogP contribution in [-0.2, 0) is 23.5 Å². The molecule has 0 unspecified atom stereocenters. The van der Waals surface area contributed by atoms with Crippen molar-refractivity contribution in [3.8, 4) is 11.8 Å². The molecule has 0 aliphatic carbocycles. The molecule has 0 fully saturated rings. The minimum Gasteiger partial charge on any atom is -0.352 e. The number of aryl methyl sites for hydroxylation is 1. The summed E-state index contributed by atoms with van der Waals surface area (Å²) in [5.74, 6) is 1.54. The summed E-state index contributed by atoms with van der Waals surface area (Å²) in [6.45, 7) is 0.542. The number of aromatic nitrogens is 3. The van der Waals surface area contributed by atoms with E-state index in [4.69, 9.17) is 16.9 Å². The number of carbonyl (C=O) groups is 1. The minimum absolute atomic E-state index is 0.0472. The molecule has 1 aromatic heterocycles. The molecule has 0 aliphatic heterocycles. The van der Waals surface area contributed by atoms with Gasteiger partial charge in [0.25, 0.3) is 0 Å². The third-order valence-electron chi connectivity index (χ3n) is 5.58. The van der Waals surface area contributed by atoms with Crippen LogP contribution in [0.5, 0.6) is 0 Å². The Bertz CT molecular complexity index is 1350. The van der Waals surface area contributed by atoms with Gasteiger partial charge in [-0.15, -0.1) is 10.2 Å². The molecular weight excluding hydrogens is 490 g/mol. The van der Waals surface area contributed by atoms with Crippen molar-refractivity contribution in [3.05, 3.63) is 106 Å². The number of carbonyl (C=O) groups excluding carboxylic acids is 1. The summed E-state index contributed by atoms with van der Waals surface area (Å²) in [6.07, 6.45) is 2.73. The van der Waals surface area contributed by atoms with Crippen molar-refractivity contribution in [2.75, 3.05) is 0 Å². The van der Waals surface area contributed by atoms with E-state index in [9.17, 15) is 4.79 Å². The minimum atomic E-state index is 0.0472. The molecule has 1 heterocycles. The molecule has 6 nitrogen and oxygen atoms in total. The van der Waals surface area contributed by atoms with Gasteiger partial charge < -0.3 is 5.32 Å². The number of nitriles is 1. The van der Waals surface area contributed by atoms with E-state index in [-0.39, 0.29) is 5.91 Å². The Morgan fingerprint density at radius 1 is 0.972 bits per heavy atom. The summed E-state index contributed by atoms with van der Waals surface area (Å²) >= 11 is 7.83. The molecule has 0 saturated carbocycles. The fraction of sp³-hybridized carbons (Fsp3) is 0.214. The van der Waals surface area contributed by atoms with Crippen LogP contribution in [0.3, 0.4) is 0 Å². The van der Waals surface area contributed by atoms with E-state index in [1.165, 1.54) is 0 Å². The lowest BCUT2D eigenvalue weighted by molar-refractivity contribution is -0.121. The molecule has 1 amide bonds. The van der Waals surface area contributed by atoms with Crippen molar-refractivity contribution in [1.82, 2.24) is 20.1 Å². The van der Waals surface area contributed by atoms with Crippen molar-refractivity contribution < 1.29 is 4.79 Å². The third-order valence-corrected chi connectivity index (χ3v) is 6.81. The van der Waals surface area contributed by atoms with Gasteiger partial charge in [-0.1, -0.05) is 71.9 Å². The molecule has 3 aromatic carbocycles. The lowest BCUT2D eigenvalue weighted by Crippen LogP contribution is -2.22. The summed E-state index contributed by atoms with van der Waals surface area (Å²) in [4.78, 5) is 12.2. The normalized spacial score (nSPS) is 10.7. The smallest absolute Gasteiger partial charge is 0.220 e. The number of unbranched alkanes of at least 4 members (excludes halogenated alkanes) is 1. The van der Waals surface area contributed by atoms with E-state index < -0.39 is 0 Å². The number of hydrogen-bond donors (Lipinski definition) is 1. The Morgan fingerprint density at radius 3 is 2.58 bits per heavy atom. The van der Waals surface area contributed by atoms with E-state index in [1.54, 1.807) is 17.8 Å². The predicted molar refractivity (Wildman–Crippen MR) is 143 cm³/mol. The number of benzene rings is 3. The van der Waals surface area contributed by atoms with Crippen molar-refractivity contribution in [2.45, 2.75) is 43.1 Å². The number of nitrogens with one attached hydrogen (secondary N) is 1. The molecule has 0 aliphatic rings. The van der Waals surface area contributed by atoms with Crippen molar-refractivity contribution in [2.24, 2.45) is 0 Å². The maximum absolute atomic E-state index is 12.2. The molecular formula is C28H26ClN5OS. The molecule has 0 radical (unpaired) electrons. The van der Waals surface area contributed by atoms with E-state index in [2.05, 4.69) is 21.6 Å². The topological polar surface area (TPSA) is 83.6 Å². The largest absolute Gasteiger partial charge is 0.352 e. The highest BCUT2D eigenvalue weighted by Gasteiger charge is 2.15. The van der Waals surface area contributed by atoms with Crippen LogP contribution in [0.25, 0.3) is 5.69 Å². The number of thioether (sulfide) groups is 1. The predicted octanol–water partition coefficient (Wildman–Crippen LogP) is 6.11. The number of hydrogen-bond acceptors (Lipinski definition) is 5. The second kappa shape index (κ2) is 12.9. The highest BCUT2D eigenvalue weighted by atomic mass is 35.5. The molecule has 8 heteroatoms. The summed E-state index contributed by atoms with van der Waals surface area (Å²) < 4.78 is 2.03. The van der Waals surface area contributed by atoms with Gasteiger partial charge in [-0.25, -0.2) is 0 Å². The van der Waals surface area contributed by atoms with E-state index in [0.29, 0.717) is 35.7 Å². The number of amides is 1. The third kappa shape index (κ3) is 7.20. The van der Waals surface area contributed by atoms with E-state index in [1.807, 2.05) is 77.4 Å². The summed E-state index contributed by atoms with van der Waals surface area (Å²) in [7, 11) is 0. The van der Waals surface area contributed by atoms with Gasteiger partial charge in [0.1, 0.15) is 5.82 Å². The molecule has 0 spiro atoms. The first kappa shape index (κ1) is 25.5. The average molecular weight is 516 g/mol. The SMILES string of the molecule is N#Cc1cccc(CSc2nnc(CCCCC(=O)NCc3ccccc3)n2-c2cccc(Cl)c2)c1. The molecule has 182 valence electrons.